The molecule has 0 atom stereocenters. The van der Waals surface area contributed by atoms with E-state index in [0.29, 0.717) is 25.8 Å². The quantitative estimate of drug-likeness (QED) is 0.780. The molecule has 2 N–H and O–H groups in total. The molecule has 0 spiro atoms. The van der Waals surface area contributed by atoms with Gasteiger partial charge in [-0.3, -0.25) is 9.59 Å². The molecule has 2 rings (SSSR count). The molecule has 1 aromatic rings. The molecule has 6 heteroatoms. The largest absolute Gasteiger partial charge is 0.480 e. The minimum Gasteiger partial charge on any atom is -0.480 e. The molecule has 26 heavy (non-hydrogen) atoms. The summed E-state index contributed by atoms with van der Waals surface area (Å²) in [6.07, 6.45) is 5.84. The summed E-state index contributed by atoms with van der Waals surface area (Å²) < 4.78 is 1.68. The number of carboxylic acid groups (broad SMARTS) is 1. The molecule has 1 saturated carbocycles. The van der Waals surface area contributed by atoms with E-state index in [9.17, 15) is 19.5 Å². The van der Waals surface area contributed by atoms with E-state index >= 15 is 0 Å². The van der Waals surface area contributed by atoms with Crippen LogP contribution in [-0.2, 0) is 17.8 Å². The van der Waals surface area contributed by atoms with Crippen LogP contribution in [0.5, 0.6) is 0 Å². The zero-order chi connectivity index (χ0) is 19.3. The van der Waals surface area contributed by atoms with Crippen LogP contribution in [0.2, 0.25) is 0 Å². The first-order valence-electron chi connectivity index (χ1n) is 9.65. The monoisotopic (exact) mass is 362 g/mol. The zero-order valence-electron chi connectivity index (χ0n) is 16.1. The Morgan fingerprint density at radius 2 is 1.88 bits per heavy atom. The lowest BCUT2D eigenvalue weighted by atomic mass is 9.81. The molecule has 0 bridgehead atoms. The highest BCUT2D eigenvalue weighted by atomic mass is 16.4. The summed E-state index contributed by atoms with van der Waals surface area (Å²) in [6.45, 7) is 6.51. The van der Waals surface area contributed by atoms with Gasteiger partial charge in [0.2, 0.25) is 0 Å². The van der Waals surface area contributed by atoms with Crippen molar-refractivity contribution in [1.29, 1.82) is 0 Å². The van der Waals surface area contributed by atoms with E-state index < -0.39 is 17.4 Å². The van der Waals surface area contributed by atoms with Crippen molar-refractivity contribution in [2.45, 2.75) is 84.2 Å². The van der Waals surface area contributed by atoms with Crippen LogP contribution in [0, 0.1) is 6.92 Å². The number of carbonyl (C=O) groups excluding carboxylic acids is 1. The number of hydrogen-bond acceptors (Lipinski definition) is 3. The second-order valence-corrected chi connectivity index (χ2v) is 7.25. The standard InChI is InChI=1S/C20H30N2O4/c1-4-6-12-22-16(5-2)14(3)13-15(18(22)24)17(23)21-20(19(25)26)10-8-7-9-11-20/h13H,4-12H2,1-3H3,(H,21,23)(H,25,26). The molecule has 1 amide bonds. The Hall–Kier alpha value is -2.11. The number of pyridine rings is 1. The van der Waals surface area contributed by atoms with Crippen LogP contribution in [0.3, 0.4) is 0 Å². The fraction of sp³-hybridized carbons (Fsp3) is 0.650. The lowest BCUT2D eigenvalue weighted by molar-refractivity contribution is -0.145. The zero-order valence-corrected chi connectivity index (χ0v) is 16.1. The van der Waals surface area contributed by atoms with Crippen molar-refractivity contribution < 1.29 is 14.7 Å². The average molecular weight is 362 g/mol. The number of aliphatic carboxylic acids is 1. The summed E-state index contributed by atoms with van der Waals surface area (Å²) in [4.78, 5) is 37.6. The number of aryl methyl sites for hydroxylation is 1. The molecule has 0 radical (unpaired) electrons. The first-order chi connectivity index (χ1) is 12.4. The van der Waals surface area contributed by atoms with Gasteiger partial charge in [-0.25, -0.2) is 4.79 Å². The number of amides is 1. The van der Waals surface area contributed by atoms with Crippen molar-refractivity contribution in [3.8, 4) is 0 Å². The first-order valence-corrected chi connectivity index (χ1v) is 9.65. The molecule has 1 aromatic heterocycles. The van der Waals surface area contributed by atoms with E-state index in [1.54, 1.807) is 10.6 Å². The Morgan fingerprint density at radius 3 is 2.42 bits per heavy atom. The molecule has 144 valence electrons. The maximum absolute atomic E-state index is 12.9. The van der Waals surface area contributed by atoms with E-state index in [1.165, 1.54) is 0 Å². The Kier molecular flexibility index (Phi) is 6.62. The summed E-state index contributed by atoms with van der Waals surface area (Å²) in [5.74, 6) is -1.59. The molecule has 1 aliphatic rings. The van der Waals surface area contributed by atoms with Crippen molar-refractivity contribution >= 4 is 11.9 Å². The van der Waals surface area contributed by atoms with E-state index in [-0.39, 0.29) is 11.1 Å². The lowest BCUT2D eigenvalue weighted by Gasteiger charge is -2.34. The van der Waals surface area contributed by atoms with Gasteiger partial charge in [-0.1, -0.05) is 39.5 Å². The van der Waals surface area contributed by atoms with Crippen LogP contribution in [0.15, 0.2) is 10.9 Å². The fourth-order valence-electron chi connectivity index (χ4n) is 3.86. The smallest absolute Gasteiger partial charge is 0.329 e. The number of carbonyl (C=O) groups is 2. The fourth-order valence-corrected chi connectivity index (χ4v) is 3.86. The second-order valence-electron chi connectivity index (χ2n) is 7.25. The van der Waals surface area contributed by atoms with Crippen LogP contribution in [0.4, 0.5) is 0 Å². The van der Waals surface area contributed by atoms with Crippen LogP contribution >= 0.6 is 0 Å². The molecule has 1 heterocycles. The molecule has 1 fully saturated rings. The maximum Gasteiger partial charge on any atom is 0.329 e. The lowest BCUT2D eigenvalue weighted by Crippen LogP contribution is -2.56. The number of hydrogen-bond donors (Lipinski definition) is 2. The van der Waals surface area contributed by atoms with Crippen molar-refractivity contribution in [3.63, 3.8) is 0 Å². The highest BCUT2D eigenvalue weighted by molar-refractivity contribution is 5.97. The Balaban J connectivity index is 2.40. The van der Waals surface area contributed by atoms with Crippen molar-refractivity contribution in [1.82, 2.24) is 9.88 Å². The normalized spacial score (nSPS) is 16.3. The molecule has 0 aliphatic heterocycles. The van der Waals surface area contributed by atoms with Gasteiger partial charge in [0.15, 0.2) is 0 Å². The summed E-state index contributed by atoms with van der Waals surface area (Å²) in [7, 11) is 0. The van der Waals surface area contributed by atoms with Gasteiger partial charge in [0, 0.05) is 12.2 Å². The number of aromatic nitrogens is 1. The second kappa shape index (κ2) is 8.52. The molecular weight excluding hydrogens is 332 g/mol. The van der Waals surface area contributed by atoms with Crippen LogP contribution in [0.1, 0.15) is 80.4 Å². The van der Waals surface area contributed by atoms with Crippen molar-refractivity contribution in [3.05, 3.63) is 33.2 Å². The van der Waals surface area contributed by atoms with Gasteiger partial charge in [0.25, 0.3) is 11.5 Å². The van der Waals surface area contributed by atoms with Gasteiger partial charge < -0.3 is 15.0 Å². The summed E-state index contributed by atoms with van der Waals surface area (Å²) in [6, 6.07) is 1.61. The predicted octanol–water partition coefficient (Wildman–Crippen LogP) is 3.04. The van der Waals surface area contributed by atoms with E-state index in [0.717, 1.165) is 43.4 Å². The summed E-state index contributed by atoms with van der Waals surface area (Å²) >= 11 is 0. The van der Waals surface area contributed by atoms with E-state index in [2.05, 4.69) is 12.2 Å². The van der Waals surface area contributed by atoms with Crippen LogP contribution < -0.4 is 10.9 Å². The Labute approximate surface area is 154 Å². The number of nitrogens with zero attached hydrogens (tertiary/aromatic N) is 1. The summed E-state index contributed by atoms with van der Waals surface area (Å²) in [5, 5.41) is 12.3. The highest BCUT2D eigenvalue weighted by Gasteiger charge is 2.41. The van der Waals surface area contributed by atoms with Gasteiger partial charge in [0.05, 0.1) is 0 Å². The minimum atomic E-state index is -1.26. The minimum absolute atomic E-state index is 0.0435. The van der Waals surface area contributed by atoms with Gasteiger partial charge in [-0.05, 0) is 44.2 Å². The SMILES string of the molecule is CCCCn1c(CC)c(C)cc(C(=O)NC2(C(=O)O)CCCCC2)c1=O. The first kappa shape index (κ1) is 20.2. The van der Waals surface area contributed by atoms with E-state index in [4.69, 9.17) is 0 Å². The van der Waals surface area contributed by atoms with Crippen molar-refractivity contribution in [2.75, 3.05) is 0 Å². The van der Waals surface area contributed by atoms with E-state index in [1.807, 2.05) is 13.8 Å². The average Bonchev–Trinajstić information content (AvgIpc) is 2.62. The molecular formula is C20H30N2O4. The maximum atomic E-state index is 12.9. The van der Waals surface area contributed by atoms with Gasteiger partial charge in [0.1, 0.15) is 11.1 Å². The molecule has 1 aliphatic carbocycles. The number of carboxylic acids is 1. The number of nitrogens with one attached hydrogen (secondary N) is 1. The molecule has 0 saturated heterocycles. The van der Waals surface area contributed by atoms with Gasteiger partial charge in [-0.2, -0.15) is 0 Å². The molecule has 0 unspecified atom stereocenters. The van der Waals surface area contributed by atoms with Gasteiger partial charge in [-0.15, -0.1) is 0 Å². The van der Waals surface area contributed by atoms with Crippen LogP contribution in [0.25, 0.3) is 0 Å². The topological polar surface area (TPSA) is 88.4 Å². The third kappa shape index (κ3) is 4.00. The van der Waals surface area contributed by atoms with Crippen LogP contribution in [-0.4, -0.2) is 27.1 Å². The van der Waals surface area contributed by atoms with Crippen molar-refractivity contribution in [2.24, 2.45) is 0 Å². The highest BCUT2D eigenvalue weighted by Crippen LogP contribution is 2.28. The van der Waals surface area contributed by atoms with Gasteiger partial charge >= 0.3 is 5.97 Å². The molecule has 0 aromatic carbocycles. The third-order valence-electron chi connectivity index (χ3n) is 5.40. The number of unbranched alkanes of at least 4 members (excludes halogenated alkanes) is 1. The Bertz CT molecular complexity index is 730. The molecule has 6 nitrogen and oxygen atoms in total. The third-order valence-corrected chi connectivity index (χ3v) is 5.40. The predicted molar refractivity (Wildman–Crippen MR) is 101 cm³/mol. The Morgan fingerprint density at radius 1 is 1.23 bits per heavy atom. The number of rotatable bonds is 7. The summed E-state index contributed by atoms with van der Waals surface area (Å²) in [5.41, 5.74) is 0.289.